The predicted octanol–water partition coefficient (Wildman–Crippen LogP) is 0.845. The maximum Gasteiger partial charge on any atom is 0.131 e. The fraction of sp³-hybridized carbons (Fsp3) is 0.600. The molecule has 0 bridgehead atoms. The van der Waals surface area contributed by atoms with Crippen molar-refractivity contribution in [1.29, 1.82) is 0 Å². The van der Waals surface area contributed by atoms with E-state index < -0.39 is 0 Å². The molecule has 1 aliphatic rings. The zero-order chi connectivity index (χ0) is 10.5. The lowest BCUT2D eigenvalue weighted by atomic mass is 9.93. The number of aliphatic hydroxyl groups is 1. The summed E-state index contributed by atoms with van der Waals surface area (Å²) in [5.74, 6) is 1.61. The molecule has 0 spiro atoms. The van der Waals surface area contributed by atoms with Crippen LogP contribution in [0.25, 0.3) is 0 Å². The smallest absolute Gasteiger partial charge is 0.131 e. The maximum atomic E-state index is 8.67. The molecule has 15 heavy (non-hydrogen) atoms. The molecule has 0 atom stereocenters. The van der Waals surface area contributed by atoms with Crippen LogP contribution in [-0.2, 0) is 0 Å². The van der Waals surface area contributed by atoms with Gasteiger partial charge >= 0.3 is 0 Å². The minimum absolute atomic E-state index is 0.107. The number of nitrogens with one attached hydrogen (secondary N) is 2. The van der Waals surface area contributed by atoms with E-state index in [1.54, 1.807) is 0 Å². The first kappa shape index (κ1) is 10.2. The number of hydrogen-bond acceptors (Lipinski definition) is 5. The second-order valence-electron chi connectivity index (χ2n) is 3.71. The molecule has 1 aromatic heterocycles. The Hall–Kier alpha value is -1.36. The lowest BCUT2D eigenvalue weighted by Gasteiger charge is -2.26. The minimum atomic E-state index is 0.107. The van der Waals surface area contributed by atoms with Crippen molar-refractivity contribution in [2.24, 2.45) is 0 Å². The molecule has 3 N–H and O–H groups in total. The maximum absolute atomic E-state index is 8.67. The first-order valence-corrected chi connectivity index (χ1v) is 5.32. The molecular weight excluding hydrogens is 192 g/mol. The summed E-state index contributed by atoms with van der Waals surface area (Å²) in [4.78, 5) is 8.20. The van der Waals surface area contributed by atoms with Gasteiger partial charge in [-0.3, -0.25) is 0 Å². The van der Waals surface area contributed by atoms with Crippen LogP contribution in [-0.4, -0.2) is 34.3 Å². The number of anilines is 2. The normalized spacial score (nSPS) is 15.8. The third kappa shape index (κ3) is 2.79. The van der Waals surface area contributed by atoms with E-state index in [-0.39, 0.29) is 6.61 Å². The van der Waals surface area contributed by atoms with E-state index in [4.69, 9.17) is 5.11 Å². The van der Waals surface area contributed by atoms with Crippen molar-refractivity contribution in [3.05, 3.63) is 12.4 Å². The van der Waals surface area contributed by atoms with Gasteiger partial charge in [0.05, 0.1) is 6.61 Å². The van der Waals surface area contributed by atoms with Crippen molar-refractivity contribution < 1.29 is 5.11 Å². The molecule has 1 aliphatic carbocycles. The third-order valence-electron chi connectivity index (χ3n) is 2.54. The van der Waals surface area contributed by atoms with Crippen LogP contribution >= 0.6 is 0 Å². The average Bonchev–Trinajstić information content (AvgIpc) is 2.21. The number of aromatic nitrogens is 2. The predicted molar refractivity (Wildman–Crippen MR) is 58.9 cm³/mol. The summed E-state index contributed by atoms with van der Waals surface area (Å²) in [7, 11) is 0. The van der Waals surface area contributed by atoms with Gasteiger partial charge in [-0.1, -0.05) is 0 Å². The largest absolute Gasteiger partial charge is 0.395 e. The zero-order valence-electron chi connectivity index (χ0n) is 8.61. The summed E-state index contributed by atoms with van der Waals surface area (Å²) in [6, 6.07) is 2.44. The number of aliphatic hydroxyl groups excluding tert-OH is 1. The van der Waals surface area contributed by atoms with Gasteiger partial charge in [-0.15, -0.1) is 0 Å². The van der Waals surface area contributed by atoms with E-state index in [9.17, 15) is 0 Å². The van der Waals surface area contributed by atoms with Crippen LogP contribution < -0.4 is 10.6 Å². The summed E-state index contributed by atoms with van der Waals surface area (Å²) >= 11 is 0. The molecule has 0 aromatic carbocycles. The fourth-order valence-corrected chi connectivity index (χ4v) is 1.48. The highest BCUT2D eigenvalue weighted by atomic mass is 16.3. The topological polar surface area (TPSA) is 70.1 Å². The Morgan fingerprint density at radius 1 is 1.33 bits per heavy atom. The molecule has 0 saturated heterocycles. The number of hydrogen-bond donors (Lipinski definition) is 3. The Balaban J connectivity index is 1.92. The van der Waals surface area contributed by atoms with E-state index in [1.807, 2.05) is 6.07 Å². The van der Waals surface area contributed by atoms with Crippen molar-refractivity contribution in [3.8, 4) is 0 Å². The second kappa shape index (κ2) is 4.93. The lowest BCUT2D eigenvalue weighted by molar-refractivity contribution is 0.311. The van der Waals surface area contributed by atoms with Crippen LogP contribution in [0.15, 0.2) is 12.4 Å². The van der Waals surface area contributed by atoms with Gasteiger partial charge in [-0.2, -0.15) is 0 Å². The van der Waals surface area contributed by atoms with Gasteiger partial charge in [0.25, 0.3) is 0 Å². The van der Waals surface area contributed by atoms with Crippen molar-refractivity contribution in [2.45, 2.75) is 25.3 Å². The molecule has 5 nitrogen and oxygen atoms in total. The minimum Gasteiger partial charge on any atom is -0.395 e. The highest BCUT2D eigenvalue weighted by Gasteiger charge is 2.17. The zero-order valence-corrected chi connectivity index (χ0v) is 8.61. The molecule has 1 saturated carbocycles. The van der Waals surface area contributed by atoms with Crippen LogP contribution in [0.4, 0.5) is 11.6 Å². The molecule has 5 heteroatoms. The molecule has 1 aromatic rings. The molecule has 2 rings (SSSR count). The Labute approximate surface area is 88.9 Å². The molecule has 0 aliphatic heterocycles. The number of rotatable bonds is 5. The van der Waals surface area contributed by atoms with E-state index >= 15 is 0 Å². The third-order valence-corrected chi connectivity index (χ3v) is 2.54. The monoisotopic (exact) mass is 208 g/mol. The van der Waals surface area contributed by atoms with Crippen LogP contribution in [0.2, 0.25) is 0 Å². The first-order valence-electron chi connectivity index (χ1n) is 5.32. The highest BCUT2D eigenvalue weighted by Crippen LogP contribution is 2.22. The molecule has 1 fully saturated rings. The van der Waals surface area contributed by atoms with Gasteiger partial charge < -0.3 is 15.7 Å². The average molecular weight is 208 g/mol. The number of nitrogens with zero attached hydrogens (tertiary/aromatic N) is 2. The Morgan fingerprint density at radius 2 is 2.13 bits per heavy atom. The van der Waals surface area contributed by atoms with Gasteiger partial charge in [0.15, 0.2) is 0 Å². The van der Waals surface area contributed by atoms with Gasteiger partial charge in [0, 0.05) is 18.7 Å². The highest BCUT2D eigenvalue weighted by molar-refractivity contribution is 5.47. The quantitative estimate of drug-likeness (QED) is 0.669. The fourth-order valence-electron chi connectivity index (χ4n) is 1.48. The molecule has 0 unspecified atom stereocenters. The van der Waals surface area contributed by atoms with Crippen LogP contribution in [0.5, 0.6) is 0 Å². The second-order valence-corrected chi connectivity index (χ2v) is 3.71. The van der Waals surface area contributed by atoms with Crippen LogP contribution in [0.3, 0.4) is 0 Å². The van der Waals surface area contributed by atoms with E-state index in [2.05, 4.69) is 20.6 Å². The van der Waals surface area contributed by atoms with Crippen LogP contribution in [0.1, 0.15) is 19.3 Å². The molecule has 82 valence electrons. The summed E-state index contributed by atoms with van der Waals surface area (Å²) < 4.78 is 0. The standard InChI is InChI=1S/C10H16N4O/c15-5-4-11-9-6-10(13-7-12-9)14-8-2-1-3-8/h6-8,15H,1-5H2,(H2,11,12,13,14). The van der Waals surface area contributed by atoms with Crippen molar-refractivity contribution >= 4 is 11.6 Å². The molecule has 0 amide bonds. The summed E-state index contributed by atoms with van der Waals surface area (Å²) in [5.41, 5.74) is 0. The molecular formula is C10H16N4O. The van der Waals surface area contributed by atoms with E-state index in [0.717, 1.165) is 11.6 Å². The van der Waals surface area contributed by atoms with Gasteiger partial charge in [-0.25, -0.2) is 9.97 Å². The molecule has 1 heterocycles. The Bertz CT molecular complexity index is 314. The summed E-state index contributed by atoms with van der Waals surface area (Å²) in [6.07, 6.45) is 5.28. The van der Waals surface area contributed by atoms with Crippen LogP contribution in [0, 0.1) is 0 Å². The van der Waals surface area contributed by atoms with Crippen molar-refractivity contribution in [1.82, 2.24) is 9.97 Å². The SMILES string of the molecule is OCCNc1cc(NC2CCC2)ncn1. The van der Waals surface area contributed by atoms with Crippen molar-refractivity contribution in [3.63, 3.8) is 0 Å². The summed E-state index contributed by atoms with van der Waals surface area (Å²) in [6.45, 7) is 0.620. The van der Waals surface area contributed by atoms with Crippen molar-refractivity contribution in [2.75, 3.05) is 23.8 Å². The lowest BCUT2D eigenvalue weighted by Crippen LogP contribution is -2.27. The van der Waals surface area contributed by atoms with E-state index in [1.165, 1.54) is 25.6 Å². The first-order chi connectivity index (χ1) is 7.38. The van der Waals surface area contributed by atoms with E-state index in [0.29, 0.717) is 12.6 Å². The Morgan fingerprint density at radius 3 is 2.80 bits per heavy atom. The molecule has 0 radical (unpaired) electrons. The summed E-state index contributed by atoms with van der Waals surface area (Å²) in [5, 5.41) is 15.0. The van der Waals surface area contributed by atoms with Gasteiger partial charge in [0.2, 0.25) is 0 Å². The van der Waals surface area contributed by atoms with Gasteiger partial charge in [-0.05, 0) is 19.3 Å². The van der Waals surface area contributed by atoms with Gasteiger partial charge in [0.1, 0.15) is 18.0 Å². The Kier molecular flexibility index (Phi) is 3.34.